The molecule has 0 bridgehead atoms. The highest BCUT2D eigenvalue weighted by Crippen LogP contribution is 2.26. The van der Waals surface area contributed by atoms with Crippen molar-refractivity contribution in [1.82, 2.24) is 4.98 Å². The predicted octanol–water partition coefficient (Wildman–Crippen LogP) is 1.97. The molecule has 2 N–H and O–H groups in total. The summed E-state index contributed by atoms with van der Waals surface area (Å²) in [7, 11) is 0. The van der Waals surface area contributed by atoms with E-state index in [0.717, 1.165) is 12.3 Å². The zero-order valence-corrected chi connectivity index (χ0v) is 10.6. The summed E-state index contributed by atoms with van der Waals surface area (Å²) < 4.78 is 5.31. The lowest BCUT2D eigenvalue weighted by molar-refractivity contribution is -0.385. The van der Waals surface area contributed by atoms with Crippen LogP contribution in [0.4, 0.5) is 5.69 Å². The molecule has 0 aliphatic heterocycles. The molecule has 0 amide bonds. The minimum absolute atomic E-state index is 0.129. The van der Waals surface area contributed by atoms with E-state index in [-0.39, 0.29) is 12.5 Å². The summed E-state index contributed by atoms with van der Waals surface area (Å²) in [4.78, 5) is 24.7. The fourth-order valence-electron chi connectivity index (χ4n) is 1.55. The number of hydrogen-bond acceptors (Lipinski definition) is 6. The lowest BCUT2D eigenvalue weighted by Gasteiger charge is -2.07. The fourth-order valence-corrected chi connectivity index (χ4v) is 1.55. The lowest BCUT2D eigenvalue weighted by Crippen LogP contribution is -2.03. The maximum atomic E-state index is 11.1. The molecule has 8 nitrogen and oxygen atoms in total. The molecule has 2 rings (SSSR count). The van der Waals surface area contributed by atoms with Gasteiger partial charge in [0.15, 0.2) is 0 Å². The standard InChI is InChI=1S/C13H10N2O6/c16-7-8-1-3-10(4-2-8)21-12-11(13(17)18)5-9(6-14-12)15(19)20/h1-6,16H,7H2,(H,17,18). The van der Waals surface area contributed by atoms with E-state index in [9.17, 15) is 14.9 Å². The van der Waals surface area contributed by atoms with Crippen LogP contribution < -0.4 is 4.74 Å². The largest absolute Gasteiger partial charge is 0.477 e. The Morgan fingerprint density at radius 1 is 1.33 bits per heavy atom. The van der Waals surface area contributed by atoms with Crippen LogP contribution in [0.1, 0.15) is 15.9 Å². The molecule has 0 saturated heterocycles. The monoisotopic (exact) mass is 290 g/mol. The minimum Gasteiger partial charge on any atom is -0.477 e. The Hall–Kier alpha value is -3.00. The summed E-state index contributed by atoms with van der Waals surface area (Å²) in [6.45, 7) is -0.129. The van der Waals surface area contributed by atoms with Gasteiger partial charge in [0.25, 0.3) is 5.69 Å². The van der Waals surface area contributed by atoms with Gasteiger partial charge >= 0.3 is 5.97 Å². The quantitative estimate of drug-likeness (QED) is 0.637. The van der Waals surface area contributed by atoms with Crippen LogP contribution in [-0.4, -0.2) is 26.1 Å². The van der Waals surface area contributed by atoms with E-state index >= 15 is 0 Å². The highest BCUT2D eigenvalue weighted by Gasteiger charge is 2.19. The molecule has 1 aromatic carbocycles. The predicted molar refractivity (Wildman–Crippen MR) is 70.3 cm³/mol. The summed E-state index contributed by atoms with van der Waals surface area (Å²) >= 11 is 0. The van der Waals surface area contributed by atoms with Crippen LogP contribution >= 0.6 is 0 Å². The van der Waals surface area contributed by atoms with Crippen molar-refractivity contribution in [3.63, 3.8) is 0 Å². The summed E-state index contributed by atoms with van der Waals surface area (Å²) in [5.74, 6) is -1.32. The Balaban J connectivity index is 2.34. The average Bonchev–Trinajstić information content (AvgIpc) is 2.48. The molecule has 0 atom stereocenters. The van der Waals surface area contributed by atoms with Gasteiger partial charge in [-0.3, -0.25) is 10.1 Å². The highest BCUT2D eigenvalue weighted by molar-refractivity contribution is 5.91. The SMILES string of the molecule is O=C(O)c1cc([N+](=O)[O-])cnc1Oc1ccc(CO)cc1. The number of carboxylic acids is 1. The number of benzene rings is 1. The summed E-state index contributed by atoms with van der Waals surface area (Å²) in [5.41, 5.74) is -0.178. The van der Waals surface area contributed by atoms with E-state index in [1.165, 1.54) is 12.1 Å². The smallest absolute Gasteiger partial charge is 0.341 e. The van der Waals surface area contributed by atoms with Crippen LogP contribution in [0.3, 0.4) is 0 Å². The van der Waals surface area contributed by atoms with E-state index < -0.39 is 22.1 Å². The number of aromatic carboxylic acids is 1. The molecule has 0 radical (unpaired) electrons. The molecule has 1 heterocycles. The van der Waals surface area contributed by atoms with Gasteiger partial charge in [-0.1, -0.05) is 12.1 Å². The third-order valence-electron chi connectivity index (χ3n) is 2.60. The number of aliphatic hydroxyl groups is 1. The normalized spacial score (nSPS) is 10.1. The third kappa shape index (κ3) is 3.31. The number of carbonyl (C=O) groups is 1. The van der Waals surface area contributed by atoms with Gasteiger partial charge in [0.1, 0.15) is 17.5 Å². The summed E-state index contributed by atoms with van der Waals surface area (Å²) in [5, 5.41) is 28.6. The van der Waals surface area contributed by atoms with Crippen LogP contribution in [-0.2, 0) is 6.61 Å². The van der Waals surface area contributed by atoms with Crippen molar-refractivity contribution in [2.45, 2.75) is 6.61 Å². The van der Waals surface area contributed by atoms with Gasteiger partial charge < -0.3 is 14.9 Å². The molecule has 0 unspecified atom stereocenters. The molecule has 0 saturated carbocycles. The van der Waals surface area contributed by atoms with E-state index in [0.29, 0.717) is 11.3 Å². The highest BCUT2D eigenvalue weighted by atomic mass is 16.6. The number of nitrogens with zero attached hydrogens (tertiary/aromatic N) is 2. The molecule has 0 aliphatic rings. The first kappa shape index (κ1) is 14.4. The summed E-state index contributed by atoms with van der Waals surface area (Å²) in [6.07, 6.45) is 0.921. The van der Waals surface area contributed by atoms with Crippen molar-refractivity contribution in [2.75, 3.05) is 0 Å². The third-order valence-corrected chi connectivity index (χ3v) is 2.60. The number of rotatable bonds is 5. The van der Waals surface area contributed by atoms with Gasteiger partial charge in [0.2, 0.25) is 5.88 Å². The number of pyridine rings is 1. The van der Waals surface area contributed by atoms with Crippen molar-refractivity contribution in [3.05, 3.63) is 57.8 Å². The maximum Gasteiger partial charge on any atom is 0.341 e. The fraction of sp³-hybridized carbons (Fsp3) is 0.0769. The van der Waals surface area contributed by atoms with Gasteiger partial charge in [-0.25, -0.2) is 9.78 Å². The Morgan fingerprint density at radius 3 is 2.52 bits per heavy atom. The van der Waals surface area contributed by atoms with Crippen molar-refractivity contribution >= 4 is 11.7 Å². The molecule has 0 spiro atoms. The minimum atomic E-state index is -1.38. The molecule has 0 aliphatic carbocycles. The summed E-state index contributed by atoms with van der Waals surface area (Å²) in [6, 6.07) is 7.13. The molecule has 1 aromatic heterocycles. The average molecular weight is 290 g/mol. The molecule has 21 heavy (non-hydrogen) atoms. The zero-order valence-electron chi connectivity index (χ0n) is 10.6. The molecule has 108 valence electrons. The molecular weight excluding hydrogens is 280 g/mol. The van der Waals surface area contributed by atoms with Crippen LogP contribution in [0.15, 0.2) is 36.5 Å². The Kier molecular flexibility index (Phi) is 4.10. The first-order valence-electron chi connectivity index (χ1n) is 5.76. The van der Waals surface area contributed by atoms with Crippen LogP contribution in [0.5, 0.6) is 11.6 Å². The van der Waals surface area contributed by atoms with Gasteiger partial charge in [-0.05, 0) is 17.7 Å². The first-order chi connectivity index (χ1) is 10.0. The van der Waals surface area contributed by atoms with E-state index in [4.69, 9.17) is 14.9 Å². The molecule has 0 fully saturated rings. The van der Waals surface area contributed by atoms with Crippen molar-refractivity contribution in [2.24, 2.45) is 0 Å². The zero-order chi connectivity index (χ0) is 15.4. The van der Waals surface area contributed by atoms with E-state index in [1.54, 1.807) is 12.1 Å². The van der Waals surface area contributed by atoms with Crippen molar-refractivity contribution < 1.29 is 24.7 Å². The molecule has 8 heteroatoms. The Bertz CT molecular complexity index is 684. The Labute approximate surface area is 118 Å². The van der Waals surface area contributed by atoms with Gasteiger partial charge in [-0.2, -0.15) is 0 Å². The first-order valence-corrected chi connectivity index (χ1v) is 5.76. The maximum absolute atomic E-state index is 11.1. The second kappa shape index (κ2) is 5.97. The van der Waals surface area contributed by atoms with E-state index in [1.807, 2.05) is 0 Å². The Morgan fingerprint density at radius 2 is 2.00 bits per heavy atom. The van der Waals surface area contributed by atoms with Gasteiger partial charge in [-0.15, -0.1) is 0 Å². The number of hydrogen-bond donors (Lipinski definition) is 2. The van der Waals surface area contributed by atoms with E-state index in [2.05, 4.69) is 4.98 Å². The topological polar surface area (TPSA) is 123 Å². The molecule has 2 aromatic rings. The van der Waals surface area contributed by atoms with Crippen LogP contribution in [0.25, 0.3) is 0 Å². The number of carboxylic acid groups (broad SMARTS) is 1. The molecular formula is C13H10N2O6. The van der Waals surface area contributed by atoms with Crippen molar-refractivity contribution in [3.8, 4) is 11.6 Å². The second-order valence-corrected chi connectivity index (χ2v) is 4.01. The van der Waals surface area contributed by atoms with Gasteiger partial charge in [0.05, 0.1) is 11.5 Å². The number of aliphatic hydroxyl groups excluding tert-OH is 1. The van der Waals surface area contributed by atoms with Gasteiger partial charge in [0, 0.05) is 6.07 Å². The lowest BCUT2D eigenvalue weighted by atomic mass is 10.2. The van der Waals surface area contributed by atoms with Crippen LogP contribution in [0, 0.1) is 10.1 Å². The number of aromatic nitrogens is 1. The number of ether oxygens (including phenoxy) is 1. The van der Waals surface area contributed by atoms with Crippen molar-refractivity contribution in [1.29, 1.82) is 0 Å². The second-order valence-electron chi connectivity index (χ2n) is 4.01. The number of nitro groups is 1. The van der Waals surface area contributed by atoms with Crippen LogP contribution in [0.2, 0.25) is 0 Å².